The molecule has 0 saturated carbocycles. The first-order valence-electron chi connectivity index (χ1n) is 5.60. The largest absolute Gasteiger partial charge is 0.381 e. The maximum Gasteiger partial charge on any atom is 0.0581 e. The van der Waals surface area contributed by atoms with Crippen molar-refractivity contribution < 1.29 is 9.47 Å². The second-order valence-corrected chi connectivity index (χ2v) is 5.15. The van der Waals surface area contributed by atoms with Crippen LogP contribution in [0.5, 0.6) is 0 Å². The van der Waals surface area contributed by atoms with Gasteiger partial charge in [-0.15, -0.1) is 0 Å². The molecule has 0 aromatic heterocycles. The smallest absolute Gasteiger partial charge is 0.0581 e. The lowest BCUT2D eigenvalue weighted by Gasteiger charge is -2.37. The van der Waals surface area contributed by atoms with E-state index < -0.39 is 0 Å². The molecule has 2 heterocycles. The predicted octanol–water partition coefficient (Wildman–Crippen LogP) is 2.75. The lowest BCUT2D eigenvalue weighted by atomic mass is 9.77. The van der Waals surface area contributed by atoms with Crippen LogP contribution < -0.4 is 0 Å². The molecule has 0 bridgehead atoms. The number of ether oxygens (including phenoxy) is 2. The predicted molar refractivity (Wildman–Crippen MR) is 59.9 cm³/mol. The molecule has 82 valence electrons. The highest BCUT2D eigenvalue weighted by molar-refractivity contribution is 9.09. The van der Waals surface area contributed by atoms with Crippen LogP contribution in [0.15, 0.2) is 0 Å². The summed E-state index contributed by atoms with van der Waals surface area (Å²) in [6, 6.07) is 0. The standard InChI is InChI=1S/C11H19BrO2/c12-9-11(3-6-13-7-4-11)8-10-2-1-5-14-10/h10H,1-9H2. The van der Waals surface area contributed by atoms with Gasteiger partial charge in [0.15, 0.2) is 0 Å². The molecular weight excluding hydrogens is 244 g/mol. The third-order valence-electron chi connectivity index (χ3n) is 3.52. The quantitative estimate of drug-likeness (QED) is 0.729. The van der Waals surface area contributed by atoms with E-state index in [0.29, 0.717) is 11.5 Å². The Kier molecular flexibility index (Phi) is 3.86. The molecule has 0 radical (unpaired) electrons. The van der Waals surface area contributed by atoms with Crippen LogP contribution in [0.1, 0.15) is 32.1 Å². The number of alkyl halides is 1. The van der Waals surface area contributed by atoms with Gasteiger partial charge in [-0.05, 0) is 37.5 Å². The van der Waals surface area contributed by atoms with E-state index in [1.807, 2.05) is 0 Å². The molecule has 14 heavy (non-hydrogen) atoms. The highest BCUT2D eigenvalue weighted by Gasteiger charge is 2.35. The van der Waals surface area contributed by atoms with Crippen molar-refractivity contribution >= 4 is 15.9 Å². The van der Waals surface area contributed by atoms with Crippen molar-refractivity contribution in [1.82, 2.24) is 0 Å². The zero-order chi connectivity index (χ0) is 9.86. The molecule has 0 aromatic carbocycles. The van der Waals surface area contributed by atoms with Crippen LogP contribution >= 0.6 is 15.9 Å². The van der Waals surface area contributed by atoms with E-state index in [-0.39, 0.29) is 0 Å². The molecule has 1 unspecified atom stereocenters. The number of hydrogen-bond acceptors (Lipinski definition) is 2. The first kappa shape index (κ1) is 10.9. The minimum atomic E-state index is 0.452. The van der Waals surface area contributed by atoms with Crippen LogP contribution in [0.4, 0.5) is 0 Å². The summed E-state index contributed by atoms with van der Waals surface area (Å²) in [7, 11) is 0. The van der Waals surface area contributed by atoms with E-state index in [4.69, 9.17) is 9.47 Å². The van der Waals surface area contributed by atoms with Crippen LogP contribution in [-0.4, -0.2) is 31.3 Å². The minimum Gasteiger partial charge on any atom is -0.381 e. The average Bonchev–Trinajstić information content (AvgIpc) is 2.72. The molecule has 1 atom stereocenters. The van der Waals surface area contributed by atoms with Gasteiger partial charge in [0, 0.05) is 25.2 Å². The number of hydrogen-bond donors (Lipinski definition) is 0. The Morgan fingerprint density at radius 2 is 2.00 bits per heavy atom. The van der Waals surface area contributed by atoms with Crippen LogP contribution in [0.2, 0.25) is 0 Å². The van der Waals surface area contributed by atoms with Gasteiger partial charge in [0.2, 0.25) is 0 Å². The first-order valence-corrected chi connectivity index (χ1v) is 6.72. The highest BCUT2D eigenvalue weighted by atomic mass is 79.9. The summed E-state index contributed by atoms with van der Waals surface area (Å²) in [5.41, 5.74) is 0.452. The maximum absolute atomic E-state index is 5.72. The molecule has 2 saturated heterocycles. The van der Waals surface area contributed by atoms with Gasteiger partial charge in [-0.2, -0.15) is 0 Å². The summed E-state index contributed by atoms with van der Waals surface area (Å²) in [6.07, 6.45) is 6.64. The molecule has 2 rings (SSSR count). The third-order valence-corrected chi connectivity index (χ3v) is 4.71. The molecule has 3 heteroatoms. The lowest BCUT2D eigenvalue weighted by molar-refractivity contribution is -0.00746. The van der Waals surface area contributed by atoms with Gasteiger partial charge in [-0.1, -0.05) is 15.9 Å². The van der Waals surface area contributed by atoms with E-state index in [2.05, 4.69) is 15.9 Å². The maximum atomic E-state index is 5.72. The zero-order valence-corrected chi connectivity index (χ0v) is 10.2. The van der Waals surface area contributed by atoms with E-state index in [1.165, 1.54) is 32.1 Å². The molecule has 2 aliphatic rings. The van der Waals surface area contributed by atoms with Crippen molar-refractivity contribution in [1.29, 1.82) is 0 Å². The van der Waals surface area contributed by atoms with Crippen LogP contribution in [0.3, 0.4) is 0 Å². The molecule has 0 spiro atoms. The van der Waals surface area contributed by atoms with Gasteiger partial charge in [-0.25, -0.2) is 0 Å². The van der Waals surface area contributed by atoms with Gasteiger partial charge < -0.3 is 9.47 Å². The van der Waals surface area contributed by atoms with E-state index in [1.54, 1.807) is 0 Å². The van der Waals surface area contributed by atoms with Gasteiger partial charge in [0.1, 0.15) is 0 Å². The van der Waals surface area contributed by atoms with Gasteiger partial charge in [-0.3, -0.25) is 0 Å². The second kappa shape index (κ2) is 4.95. The topological polar surface area (TPSA) is 18.5 Å². The average molecular weight is 263 g/mol. The molecule has 0 amide bonds. The van der Waals surface area contributed by atoms with Crippen molar-refractivity contribution in [3.05, 3.63) is 0 Å². The van der Waals surface area contributed by atoms with Crippen LogP contribution in [0, 0.1) is 5.41 Å². The highest BCUT2D eigenvalue weighted by Crippen LogP contribution is 2.39. The third kappa shape index (κ3) is 2.50. The van der Waals surface area contributed by atoms with E-state index in [9.17, 15) is 0 Å². The molecule has 0 aromatic rings. The summed E-state index contributed by atoms with van der Waals surface area (Å²) < 4.78 is 11.2. The molecule has 2 aliphatic heterocycles. The van der Waals surface area contributed by atoms with Crippen LogP contribution in [0.25, 0.3) is 0 Å². The summed E-state index contributed by atoms with van der Waals surface area (Å²) in [5, 5.41) is 1.10. The molecule has 0 aliphatic carbocycles. The normalized spacial score (nSPS) is 31.9. The zero-order valence-electron chi connectivity index (χ0n) is 8.64. The van der Waals surface area contributed by atoms with E-state index in [0.717, 1.165) is 25.2 Å². The van der Waals surface area contributed by atoms with Crippen molar-refractivity contribution in [3.8, 4) is 0 Å². The summed E-state index contributed by atoms with van der Waals surface area (Å²) in [6.45, 7) is 2.83. The van der Waals surface area contributed by atoms with Crippen molar-refractivity contribution in [2.75, 3.05) is 25.2 Å². The first-order chi connectivity index (χ1) is 6.85. The Morgan fingerprint density at radius 3 is 2.57 bits per heavy atom. The number of rotatable bonds is 3. The Morgan fingerprint density at radius 1 is 1.21 bits per heavy atom. The van der Waals surface area contributed by atoms with Crippen LogP contribution in [-0.2, 0) is 9.47 Å². The summed E-state index contributed by atoms with van der Waals surface area (Å²) in [4.78, 5) is 0. The van der Waals surface area contributed by atoms with Gasteiger partial charge in [0.25, 0.3) is 0 Å². The second-order valence-electron chi connectivity index (χ2n) is 4.59. The van der Waals surface area contributed by atoms with Crippen molar-refractivity contribution in [3.63, 3.8) is 0 Å². The van der Waals surface area contributed by atoms with Crippen molar-refractivity contribution in [2.24, 2.45) is 5.41 Å². The lowest BCUT2D eigenvalue weighted by Crippen LogP contribution is -2.34. The Bertz CT molecular complexity index is 172. The molecule has 2 fully saturated rings. The van der Waals surface area contributed by atoms with Crippen molar-refractivity contribution in [2.45, 2.75) is 38.2 Å². The molecule has 2 nitrogen and oxygen atoms in total. The van der Waals surface area contributed by atoms with E-state index >= 15 is 0 Å². The minimum absolute atomic E-state index is 0.452. The van der Waals surface area contributed by atoms with Gasteiger partial charge >= 0.3 is 0 Å². The number of halogens is 1. The molecule has 0 N–H and O–H groups in total. The fourth-order valence-corrected chi connectivity index (χ4v) is 3.27. The monoisotopic (exact) mass is 262 g/mol. The Hall–Kier alpha value is 0.400. The molecular formula is C11H19BrO2. The fraction of sp³-hybridized carbons (Fsp3) is 1.00. The Labute approximate surface area is 94.5 Å². The SMILES string of the molecule is BrCC1(CC2CCCO2)CCOCC1. The summed E-state index contributed by atoms with van der Waals surface area (Å²) >= 11 is 3.66. The van der Waals surface area contributed by atoms with Gasteiger partial charge in [0.05, 0.1) is 6.10 Å². The summed E-state index contributed by atoms with van der Waals surface area (Å²) in [5.74, 6) is 0. The fourth-order valence-electron chi connectivity index (χ4n) is 2.49. The Balaban J connectivity index is 1.89.